The van der Waals surface area contributed by atoms with E-state index < -0.39 is 0 Å². The summed E-state index contributed by atoms with van der Waals surface area (Å²) in [6, 6.07) is 17.3. The minimum Gasteiger partial charge on any atom is -0.457 e. The molecule has 0 radical (unpaired) electrons. The van der Waals surface area contributed by atoms with Crippen molar-refractivity contribution in [1.29, 1.82) is 0 Å². The quantitative estimate of drug-likeness (QED) is 0.427. The van der Waals surface area contributed by atoms with Gasteiger partial charge in [-0.15, -0.1) is 0 Å². The van der Waals surface area contributed by atoms with Gasteiger partial charge >= 0.3 is 0 Å². The molecular formula is C15H13N3O. The predicted octanol–water partition coefficient (Wildman–Crippen LogP) is 4.80. The first-order valence-corrected chi connectivity index (χ1v) is 5.89. The van der Waals surface area contributed by atoms with Crippen LogP contribution >= 0.6 is 0 Å². The highest BCUT2D eigenvalue weighted by Crippen LogP contribution is 2.22. The van der Waals surface area contributed by atoms with Gasteiger partial charge in [-0.3, -0.25) is 0 Å². The van der Waals surface area contributed by atoms with Crippen LogP contribution < -0.4 is 4.74 Å². The van der Waals surface area contributed by atoms with Crippen LogP contribution in [0.4, 0.5) is 0 Å². The van der Waals surface area contributed by atoms with Crippen molar-refractivity contribution in [3.63, 3.8) is 0 Å². The van der Waals surface area contributed by atoms with Gasteiger partial charge in [-0.05, 0) is 35.4 Å². The summed E-state index contributed by atoms with van der Waals surface area (Å²) in [5.74, 6) is 1.58. The lowest BCUT2D eigenvalue weighted by Crippen LogP contribution is -1.84. The van der Waals surface area contributed by atoms with Crippen LogP contribution in [-0.4, -0.2) is 6.54 Å². The van der Waals surface area contributed by atoms with Crippen LogP contribution in [0.5, 0.6) is 11.5 Å². The molecule has 0 fully saturated rings. The van der Waals surface area contributed by atoms with Gasteiger partial charge in [0, 0.05) is 11.5 Å². The topological polar surface area (TPSA) is 58.0 Å². The lowest BCUT2D eigenvalue weighted by atomic mass is 10.2. The van der Waals surface area contributed by atoms with Crippen LogP contribution in [0.3, 0.4) is 0 Å². The highest BCUT2D eigenvalue weighted by atomic mass is 16.5. The molecule has 0 aromatic heterocycles. The Hall–Kier alpha value is -2.71. The summed E-state index contributed by atoms with van der Waals surface area (Å²) < 4.78 is 5.73. The van der Waals surface area contributed by atoms with E-state index in [2.05, 4.69) is 10.0 Å². The Morgan fingerprint density at radius 2 is 1.84 bits per heavy atom. The number of hydrogen-bond donors (Lipinski definition) is 0. The zero-order valence-electron chi connectivity index (χ0n) is 10.3. The van der Waals surface area contributed by atoms with E-state index in [1.807, 2.05) is 60.7 Å². The number of nitrogens with zero attached hydrogens (tertiary/aromatic N) is 3. The molecule has 0 aliphatic heterocycles. The normalized spacial score (nSPS) is 10.1. The van der Waals surface area contributed by atoms with E-state index in [1.165, 1.54) is 0 Å². The molecule has 2 aromatic carbocycles. The molecule has 0 heterocycles. The van der Waals surface area contributed by atoms with Gasteiger partial charge in [0.25, 0.3) is 0 Å². The lowest BCUT2D eigenvalue weighted by molar-refractivity contribution is 0.482. The number of para-hydroxylation sites is 1. The average Bonchev–Trinajstić information content (AvgIpc) is 2.45. The molecule has 0 saturated carbocycles. The molecular weight excluding hydrogens is 238 g/mol. The van der Waals surface area contributed by atoms with Crippen LogP contribution in [0.1, 0.15) is 5.56 Å². The molecule has 19 heavy (non-hydrogen) atoms. The highest BCUT2D eigenvalue weighted by Gasteiger charge is 1.96. The summed E-state index contributed by atoms with van der Waals surface area (Å²) in [5, 5.41) is 3.44. The average molecular weight is 251 g/mol. The third kappa shape index (κ3) is 4.22. The Balaban J connectivity index is 2.07. The van der Waals surface area contributed by atoms with Crippen molar-refractivity contribution in [2.24, 2.45) is 5.11 Å². The van der Waals surface area contributed by atoms with E-state index in [1.54, 1.807) is 6.08 Å². The van der Waals surface area contributed by atoms with Gasteiger partial charge in [-0.1, -0.05) is 47.6 Å². The third-order valence-electron chi connectivity index (χ3n) is 2.40. The van der Waals surface area contributed by atoms with Crippen molar-refractivity contribution in [1.82, 2.24) is 0 Å². The van der Waals surface area contributed by atoms with E-state index in [-0.39, 0.29) is 0 Å². The number of benzene rings is 2. The number of azide groups is 1. The first kappa shape index (κ1) is 12.7. The second-order valence-electron chi connectivity index (χ2n) is 3.80. The van der Waals surface area contributed by atoms with Crippen LogP contribution in [0, 0.1) is 0 Å². The molecule has 2 rings (SSSR count). The largest absolute Gasteiger partial charge is 0.457 e. The predicted molar refractivity (Wildman–Crippen MR) is 76.0 cm³/mol. The molecule has 0 N–H and O–H groups in total. The summed E-state index contributed by atoms with van der Waals surface area (Å²) >= 11 is 0. The van der Waals surface area contributed by atoms with E-state index >= 15 is 0 Å². The third-order valence-corrected chi connectivity index (χ3v) is 2.40. The van der Waals surface area contributed by atoms with Crippen molar-refractivity contribution in [3.8, 4) is 11.5 Å². The maximum absolute atomic E-state index is 8.18. The van der Waals surface area contributed by atoms with Gasteiger partial charge in [0.2, 0.25) is 0 Å². The Bertz CT molecular complexity index is 602. The highest BCUT2D eigenvalue weighted by molar-refractivity contribution is 5.52. The number of hydrogen-bond acceptors (Lipinski definition) is 2. The van der Waals surface area contributed by atoms with Gasteiger partial charge in [-0.2, -0.15) is 0 Å². The maximum atomic E-state index is 8.18. The zero-order chi connectivity index (χ0) is 13.3. The van der Waals surface area contributed by atoms with Crippen molar-refractivity contribution in [2.75, 3.05) is 6.54 Å². The van der Waals surface area contributed by atoms with Crippen LogP contribution in [0.15, 0.2) is 65.8 Å². The fourth-order valence-electron chi connectivity index (χ4n) is 1.58. The summed E-state index contributed by atoms with van der Waals surface area (Å²) in [6.07, 6.45) is 3.70. The Morgan fingerprint density at radius 1 is 1.05 bits per heavy atom. The summed E-state index contributed by atoms with van der Waals surface area (Å²) in [6.45, 7) is 0.347. The molecule has 0 aliphatic rings. The Labute approximate surface area is 111 Å². The van der Waals surface area contributed by atoms with Crippen molar-refractivity contribution >= 4 is 6.08 Å². The van der Waals surface area contributed by atoms with Crippen LogP contribution in [-0.2, 0) is 0 Å². The molecule has 0 atom stereocenters. The maximum Gasteiger partial charge on any atom is 0.128 e. The Morgan fingerprint density at radius 3 is 2.63 bits per heavy atom. The molecule has 4 nitrogen and oxygen atoms in total. The molecule has 0 amide bonds. The van der Waals surface area contributed by atoms with Gasteiger partial charge < -0.3 is 4.74 Å². The van der Waals surface area contributed by atoms with E-state index in [0.717, 1.165) is 17.1 Å². The monoisotopic (exact) mass is 251 g/mol. The first-order chi connectivity index (χ1) is 9.38. The number of ether oxygens (including phenoxy) is 1. The molecule has 0 unspecified atom stereocenters. The molecule has 4 heteroatoms. The van der Waals surface area contributed by atoms with Gasteiger partial charge in [0.1, 0.15) is 11.5 Å². The molecule has 0 saturated heterocycles. The SMILES string of the molecule is [N-]=[N+]=NCC=Cc1cccc(Oc2ccccc2)c1. The zero-order valence-corrected chi connectivity index (χ0v) is 10.3. The first-order valence-electron chi connectivity index (χ1n) is 5.89. The Kier molecular flexibility index (Phi) is 4.62. The standard InChI is InChI=1S/C15H13N3O/c16-18-17-11-5-7-13-6-4-10-15(12-13)19-14-8-2-1-3-9-14/h1-10,12H,11H2. The number of rotatable bonds is 5. The molecule has 94 valence electrons. The van der Waals surface area contributed by atoms with Crippen molar-refractivity contribution in [3.05, 3.63) is 76.7 Å². The van der Waals surface area contributed by atoms with E-state index in [0.29, 0.717) is 6.54 Å². The van der Waals surface area contributed by atoms with Crippen LogP contribution in [0.2, 0.25) is 0 Å². The van der Waals surface area contributed by atoms with Gasteiger partial charge in [0.15, 0.2) is 0 Å². The fourth-order valence-corrected chi connectivity index (χ4v) is 1.58. The second kappa shape index (κ2) is 6.89. The van der Waals surface area contributed by atoms with Crippen molar-refractivity contribution in [2.45, 2.75) is 0 Å². The second-order valence-corrected chi connectivity index (χ2v) is 3.80. The minimum atomic E-state index is 0.347. The molecule has 0 spiro atoms. The summed E-state index contributed by atoms with van der Waals surface area (Å²) in [4.78, 5) is 2.69. The van der Waals surface area contributed by atoms with Crippen molar-refractivity contribution < 1.29 is 4.74 Å². The smallest absolute Gasteiger partial charge is 0.128 e. The minimum absolute atomic E-state index is 0.347. The van der Waals surface area contributed by atoms with Gasteiger partial charge in [-0.25, -0.2) is 0 Å². The molecule has 2 aromatic rings. The summed E-state index contributed by atoms with van der Waals surface area (Å²) in [5.41, 5.74) is 9.18. The molecule has 0 bridgehead atoms. The van der Waals surface area contributed by atoms with E-state index in [4.69, 9.17) is 10.3 Å². The van der Waals surface area contributed by atoms with E-state index in [9.17, 15) is 0 Å². The van der Waals surface area contributed by atoms with Gasteiger partial charge in [0.05, 0.1) is 0 Å². The summed E-state index contributed by atoms with van der Waals surface area (Å²) in [7, 11) is 0. The van der Waals surface area contributed by atoms with Crippen LogP contribution in [0.25, 0.3) is 16.5 Å². The lowest BCUT2D eigenvalue weighted by Gasteiger charge is -2.05. The molecule has 0 aliphatic carbocycles. The fraction of sp³-hybridized carbons (Fsp3) is 0.0667.